The number of hydrogen-bond acceptors (Lipinski definition) is 2. The van der Waals surface area contributed by atoms with Crippen molar-refractivity contribution >= 4 is 29.5 Å². The summed E-state index contributed by atoms with van der Waals surface area (Å²) >= 11 is 5.96. The second kappa shape index (κ2) is 9.04. The van der Waals surface area contributed by atoms with Crippen LogP contribution in [0.5, 0.6) is 0 Å². The molecule has 4 nitrogen and oxygen atoms in total. The lowest BCUT2D eigenvalue weighted by Crippen LogP contribution is -2.45. The van der Waals surface area contributed by atoms with E-state index in [9.17, 15) is 9.59 Å². The summed E-state index contributed by atoms with van der Waals surface area (Å²) in [6.45, 7) is 3.52. The number of benzene rings is 2. The molecule has 130 valence electrons. The Kier molecular flexibility index (Phi) is 6.78. The first-order chi connectivity index (χ1) is 12.0. The number of carbonyl (C=O) groups is 2. The molecule has 25 heavy (non-hydrogen) atoms. The van der Waals surface area contributed by atoms with Gasteiger partial charge >= 0.3 is 0 Å². The molecular formula is C20H21ClN2O2. The number of hydrogen-bond donors (Lipinski definition) is 2. The normalized spacial score (nSPS) is 13.2. The molecule has 0 fully saturated rings. The van der Waals surface area contributed by atoms with Crippen LogP contribution in [0, 0.1) is 0 Å². The van der Waals surface area contributed by atoms with Crippen molar-refractivity contribution in [2.24, 2.45) is 0 Å². The summed E-state index contributed by atoms with van der Waals surface area (Å²) in [6.07, 6.45) is 3.12. The van der Waals surface area contributed by atoms with Crippen LogP contribution in [0.4, 0.5) is 0 Å². The first-order valence-electron chi connectivity index (χ1n) is 8.05. The minimum absolute atomic E-state index is 0.203. The Labute approximate surface area is 152 Å². The molecule has 0 saturated carbocycles. The third-order valence-corrected chi connectivity index (χ3v) is 3.92. The lowest BCUT2D eigenvalue weighted by molar-refractivity contribution is -0.127. The number of rotatable bonds is 6. The van der Waals surface area contributed by atoms with Gasteiger partial charge in [-0.1, -0.05) is 54.1 Å². The zero-order valence-electron chi connectivity index (χ0n) is 14.2. The molecule has 0 aliphatic carbocycles. The molecule has 2 N–H and O–H groups in total. The van der Waals surface area contributed by atoms with Crippen LogP contribution in [0.1, 0.15) is 31.0 Å². The molecule has 0 aliphatic heterocycles. The molecule has 5 heteroatoms. The fourth-order valence-corrected chi connectivity index (χ4v) is 2.46. The highest BCUT2D eigenvalue weighted by atomic mass is 35.5. The Bertz CT molecular complexity index is 759. The molecule has 2 amide bonds. The zero-order chi connectivity index (χ0) is 18.2. The number of amides is 2. The predicted octanol–water partition coefficient (Wildman–Crippen LogP) is 3.74. The van der Waals surface area contributed by atoms with Crippen molar-refractivity contribution in [3.63, 3.8) is 0 Å². The van der Waals surface area contributed by atoms with Crippen LogP contribution in [-0.2, 0) is 9.59 Å². The summed E-state index contributed by atoms with van der Waals surface area (Å²) in [7, 11) is 0. The maximum atomic E-state index is 12.2. The Morgan fingerprint density at radius 1 is 1.00 bits per heavy atom. The summed E-state index contributed by atoms with van der Waals surface area (Å²) in [6, 6.07) is 15.9. The number of halogens is 1. The minimum Gasteiger partial charge on any atom is -0.348 e. The van der Waals surface area contributed by atoms with Crippen LogP contribution in [0.25, 0.3) is 6.08 Å². The highest BCUT2D eigenvalue weighted by Gasteiger charge is 2.17. The minimum atomic E-state index is -0.644. The van der Waals surface area contributed by atoms with Gasteiger partial charge in [0.1, 0.15) is 6.04 Å². The average Bonchev–Trinajstić information content (AvgIpc) is 2.60. The van der Waals surface area contributed by atoms with E-state index in [-0.39, 0.29) is 17.9 Å². The van der Waals surface area contributed by atoms with E-state index in [1.165, 1.54) is 6.08 Å². The second-order valence-corrected chi connectivity index (χ2v) is 6.20. The molecule has 0 aliphatic rings. The maximum Gasteiger partial charge on any atom is 0.244 e. The summed E-state index contributed by atoms with van der Waals surface area (Å²) in [5.74, 6) is -0.573. The first-order valence-corrected chi connectivity index (χ1v) is 8.43. The van der Waals surface area contributed by atoms with Gasteiger partial charge in [-0.05, 0) is 43.2 Å². The lowest BCUT2D eigenvalue weighted by atomic mass is 10.1. The molecule has 2 rings (SSSR count). The highest BCUT2D eigenvalue weighted by molar-refractivity contribution is 6.30. The molecule has 0 saturated heterocycles. The van der Waals surface area contributed by atoms with E-state index in [0.29, 0.717) is 5.02 Å². The van der Waals surface area contributed by atoms with Crippen LogP contribution in [0.3, 0.4) is 0 Å². The van der Waals surface area contributed by atoms with E-state index in [1.54, 1.807) is 25.1 Å². The van der Waals surface area contributed by atoms with Crippen molar-refractivity contribution in [2.45, 2.75) is 25.9 Å². The third kappa shape index (κ3) is 6.08. The van der Waals surface area contributed by atoms with E-state index in [4.69, 9.17) is 11.6 Å². The van der Waals surface area contributed by atoms with Gasteiger partial charge in [-0.3, -0.25) is 9.59 Å². The fraction of sp³-hybridized carbons (Fsp3) is 0.200. The Morgan fingerprint density at radius 2 is 1.72 bits per heavy atom. The SMILES string of the molecule is CC(NC(=O)/C=C/c1ccccc1)C(=O)NC(C)c1cccc(Cl)c1. The quantitative estimate of drug-likeness (QED) is 0.775. The first kappa shape index (κ1) is 18.7. The van der Waals surface area contributed by atoms with Gasteiger partial charge in [-0.15, -0.1) is 0 Å². The largest absolute Gasteiger partial charge is 0.348 e. The smallest absolute Gasteiger partial charge is 0.244 e. The van der Waals surface area contributed by atoms with Crippen LogP contribution in [0.15, 0.2) is 60.7 Å². The molecule has 0 bridgehead atoms. The monoisotopic (exact) mass is 356 g/mol. The standard InChI is InChI=1S/C20H21ClN2O2/c1-14(17-9-6-10-18(21)13-17)23-20(25)15(2)22-19(24)12-11-16-7-4-3-5-8-16/h3-15H,1-2H3,(H,22,24)(H,23,25)/b12-11+. The predicted molar refractivity (Wildman–Crippen MR) is 101 cm³/mol. The molecular weight excluding hydrogens is 336 g/mol. The summed E-state index contributed by atoms with van der Waals surface area (Å²) in [5.41, 5.74) is 1.83. The molecule has 2 unspecified atom stereocenters. The van der Waals surface area contributed by atoms with Crippen LogP contribution in [-0.4, -0.2) is 17.9 Å². The lowest BCUT2D eigenvalue weighted by Gasteiger charge is -2.18. The fourth-order valence-electron chi connectivity index (χ4n) is 2.26. The molecule has 0 spiro atoms. The molecule has 2 atom stereocenters. The van der Waals surface area contributed by atoms with Crippen molar-refractivity contribution in [1.82, 2.24) is 10.6 Å². The van der Waals surface area contributed by atoms with E-state index >= 15 is 0 Å². The van der Waals surface area contributed by atoms with Gasteiger partial charge in [0.2, 0.25) is 11.8 Å². The summed E-state index contributed by atoms with van der Waals surface area (Å²) in [4.78, 5) is 24.2. The van der Waals surface area contributed by atoms with E-state index in [1.807, 2.05) is 49.4 Å². The van der Waals surface area contributed by atoms with Crippen molar-refractivity contribution in [3.8, 4) is 0 Å². The van der Waals surface area contributed by atoms with E-state index < -0.39 is 6.04 Å². The number of nitrogens with one attached hydrogen (secondary N) is 2. The second-order valence-electron chi connectivity index (χ2n) is 5.76. The van der Waals surface area contributed by atoms with Crippen LogP contribution >= 0.6 is 11.6 Å². The Balaban J connectivity index is 1.87. The van der Waals surface area contributed by atoms with Gasteiger partial charge in [0.25, 0.3) is 0 Å². The Morgan fingerprint density at radius 3 is 2.40 bits per heavy atom. The van der Waals surface area contributed by atoms with Crippen molar-refractivity contribution < 1.29 is 9.59 Å². The average molecular weight is 357 g/mol. The van der Waals surface area contributed by atoms with Crippen molar-refractivity contribution in [3.05, 3.63) is 76.8 Å². The summed E-state index contributed by atoms with van der Waals surface area (Å²) in [5, 5.41) is 6.14. The maximum absolute atomic E-state index is 12.2. The molecule has 0 heterocycles. The van der Waals surface area contributed by atoms with E-state index in [0.717, 1.165) is 11.1 Å². The third-order valence-electron chi connectivity index (χ3n) is 3.69. The van der Waals surface area contributed by atoms with Crippen molar-refractivity contribution in [2.75, 3.05) is 0 Å². The molecule has 0 aromatic heterocycles. The Hall–Kier alpha value is -2.59. The van der Waals surface area contributed by atoms with Gasteiger partial charge in [-0.25, -0.2) is 0 Å². The zero-order valence-corrected chi connectivity index (χ0v) is 15.0. The van der Waals surface area contributed by atoms with Gasteiger partial charge in [0.15, 0.2) is 0 Å². The molecule has 2 aromatic rings. The summed E-state index contributed by atoms with van der Waals surface area (Å²) < 4.78 is 0. The molecule has 0 radical (unpaired) electrons. The van der Waals surface area contributed by atoms with Gasteiger partial charge in [-0.2, -0.15) is 0 Å². The van der Waals surface area contributed by atoms with Crippen LogP contribution < -0.4 is 10.6 Å². The number of carbonyl (C=O) groups excluding carboxylic acids is 2. The van der Waals surface area contributed by atoms with Crippen molar-refractivity contribution in [1.29, 1.82) is 0 Å². The topological polar surface area (TPSA) is 58.2 Å². The van der Waals surface area contributed by atoms with Gasteiger partial charge in [0, 0.05) is 11.1 Å². The van der Waals surface area contributed by atoms with Crippen LogP contribution in [0.2, 0.25) is 5.02 Å². The van der Waals surface area contributed by atoms with Gasteiger partial charge in [0.05, 0.1) is 6.04 Å². The highest BCUT2D eigenvalue weighted by Crippen LogP contribution is 2.17. The van der Waals surface area contributed by atoms with Gasteiger partial charge < -0.3 is 10.6 Å². The van der Waals surface area contributed by atoms with E-state index in [2.05, 4.69) is 10.6 Å². The molecule has 2 aromatic carbocycles.